The van der Waals surface area contributed by atoms with Gasteiger partial charge in [0.1, 0.15) is 5.82 Å². The van der Waals surface area contributed by atoms with Crippen molar-refractivity contribution in [2.24, 2.45) is 11.3 Å². The van der Waals surface area contributed by atoms with Gasteiger partial charge in [-0.1, -0.05) is 36.4 Å². The van der Waals surface area contributed by atoms with E-state index >= 15 is 0 Å². The molecule has 1 N–H and O–H groups in total. The number of amides is 2. The summed E-state index contributed by atoms with van der Waals surface area (Å²) in [6.07, 6.45) is 3.99. The number of hydrogen-bond donors (Lipinski definition) is 1. The Morgan fingerprint density at radius 2 is 2.06 bits per heavy atom. The minimum absolute atomic E-state index is 0.00588. The second-order valence-corrected chi connectivity index (χ2v) is 8.56. The molecule has 7 heteroatoms. The molecule has 1 heterocycles. The lowest BCUT2D eigenvalue weighted by Gasteiger charge is -2.40. The number of phenolic OH excluding ortho intramolecular Hbond substituents is 1. The number of anilines is 1. The highest BCUT2D eigenvalue weighted by Gasteiger charge is 2.62. The number of carbonyl (C=O) groups excluding carboxylic acids is 2. The number of hydrogen-bond acceptors (Lipinski definition) is 4. The molecule has 2 aliphatic rings. The van der Waals surface area contributed by atoms with Crippen LogP contribution in [0.5, 0.6) is 11.5 Å². The minimum Gasteiger partial charge on any atom is -0.504 e. The molecule has 3 atom stereocenters. The van der Waals surface area contributed by atoms with Gasteiger partial charge >= 0.3 is 0 Å². The Hall–Kier alpha value is -3.12. The van der Waals surface area contributed by atoms with E-state index < -0.39 is 29.0 Å². The van der Waals surface area contributed by atoms with Crippen LogP contribution in [-0.2, 0) is 9.59 Å². The zero-order valence-corrected chi connectivity index (χ0v) is 18.5. The van der Waals surface area contributed by atoms with E-state index in [1.54, 1.807) is 25.1 Å². The molecule has 166 valence electrons. The smallest absolute Gasteiger partial charge is 0.241 e. The summed E-state index contributed by atoms with van der Waals surface area (Å²) in [5.41, 5.74) is 0.667. The van der Waals surface area contributed by atoms with Crippen molar-refractivity contribution in [3.8, 4) is 11.5 Å². The number of aromatic hydroxyl groups is 1. The fourth-order valence-electron chi connectivity index (χ4n) is 4.88. The first-order chi connectivity index (χ1) is 15.2. The zero-order valence-electron chi connectivity index (χ0n) is 17.8. The molecule has 0 spiro atoms. The van der Waals surface area contributed by atoms with Crippen molar-refractivity contribution in [3.63, 3.8) is 0 Å². The Bertz CT molecular complexity index is 1160. The van der Waals surface area contributed by atoms with Gasteiger partial charge in [0.15, 0.2) is 11.5 Å². The first-order valence-corrected chi connectivity index (χ1v) is 10.7. The van der Waals surface area contributed by atoms with Crippen LogP contribution in [0.15, 0.2) is 60.7 Å². The fourth-order valence-corrected chi connectivity index (χ4v) is 5.06. The quantitative estimate of drug-likeness (QED) is 0.615. The summed E-state index contributed by atoms with van der Waals surface area (Å²) in [4.78, 5) is 28.3. The number of phenols is 1. The molecule has 4 rings (SSSR count). The highest BCUT2D eigenvalue weighted by molar-refractivity contribution is 6.31. The van der Waals surface area contributed by atoms with Gasteiger partial charge in [-0.05, 0) is 61.7 Å². The molecule has 1 aliphatic carbocycles. The third-order valence-corrected chi connectivity index (χ3v) is 6.73. The van der Waals surface area contributed by atoms with Gasteiger partial charge in [-0.15, -0.1) is 0 Å². The molecule has 0 bridgehead atoms. The van der Waals surface area contributed by atoms with Crippen LogP contribution in [0.2, 0.25) is 5.02 Å². The number of allylic oxidation sites excluding steroid dienone is 3. The molecule has 0 aromatic heterocycles. The van der Waals surface area contributed by atoms with Crippen LogP contribution in [0.25, 0.3) is 0 Å². The monoisotopic (exact) mass is 455 g/mol. The molecular formula is C25H23ClFNO4. The Kier molecular flexibility index (Phi) is 5.59. The van der Waals surface area contributed by atoms with Crippen molar-refractivity contribution in [3.05, 3.63) is 77.1 Å². The second-order valence-electron chi connectivity index (χ2n) is 8.15. The van der Waals surface area contributed by atoms with Gasteiger partial charge in [0.2, 0.25) is 11.8 Å². The van der Waals surface area contributed by atoms with E-state index in [-0.39, 0.29) is 22.4 Å². The van der Waals surface area contributed by atoms with Crippen LogP contribution in [0, 0.1) is 17.2 Å². The minimum atomic E-state index is -1.11. The van der Waals surface area contributed by atoms with Crippen molar-refractivity contribution in [2.45, 2.75) is 26.2 Å². The molecule has 2 aromatic rings. The average molecular weight is 456 g/mol. The Morgan fingerprint density at radius 1 is 1.31 bits per heavy atom. The van der Waals surface area contributed by atoms with Gasteiger partial charge in [0.05, 0.1) is 28.6 Å². The van der Waals surface area contributed by atoms with Crippen molar-refractivity contribution in [2.75, 3.05) is 11.5 Å². The lowest BCUT2D eigenvalue weighted by molar-refractivity contribution is -0.127. The molecule has 2 amide bonds. The SMILES string of the molecule is C=CC1=CCC2C(=O)N(c3ccc(F)c(Cl)c3)C(=O)C2(C)C1c1ccc(O)c(OCC)c1. The maximum Gasteiger partial charge on any atom is 0.241 e. The van der Waals surface area contributed by atoms with Gasteiger partial charge in [-0.3, -0.25) is 9.59 Å². The number of carbonyl (C=O) groups is 2. The van der Waals surface area contributed by atoms with Crippen molar-refractivity contribution < 1.29 is 23.8 Å². The first kappa shape index (κ1) is 22.1. The van der Waals surface area contributed by atoms with E-state index in [0.717, 1.165) is 22.1 Å². The summed E-state index contributed by atoms with van der Waals surface area (Å²) >= 11 is 5.92. The molecule has 2 aromatic carbocycles. The lowest BCUT2D eigenvalue weighted by atomic mass is 9.60. The van der Waals surface area contributed by atoms with Crippen LogP contribution in [0.1, 0.15) is 31.7 Å². The summed E-state index contributed by atoms with van der Waals surface area (Å²) in [6, 6.07) is 8.75. The molecular weight excluding hydrogens is 433 g/mol. The van der Waals surface area contributed by atoms with Gasteiger partial charge in [0.25, 0.3) is 0 Å². The van der Waals surface area contributed by atoms with Crippen LogP contribution in [0.3, 0.4) is 0 Å². The number of benzene rings is 2. The van der Waals surface area contributed by atoms with Gasteiger partial charge in [-0.2, -0.15) is 0 Å². The van der Waals surface area contributed by atoms with Crippen LogP contribution >= 0.6 is 11.6 Å². The van der Waals surface area contributed by atoms with E-state index in [4.69, 9.17) is 16.3 Å². The fraction of sp³-hybridized carbons (Fsp3) is 0.280. The van der Waals surface area contributed by atoms with E-state index in [1.165, 1.54) is 18.2 Å². The summed E-state index contributed by atoms with van der Waals surface area (Å²) in [7, 11) is 0. The van der Waals surface area contributed by atoms with Gasteiger partial charge in [0, 0.05) is 5.92 Å². The van der Waals surface area contributed by atoms with E-state index in [1.807, 2.05) is 13.0 Å². The van der Waals surface area contributed by atoms with Crippen LogP contribution in [0.4, 0.5) is 10.1 Å². The van der Waals surface area contributed by atoms with E-state index in [9.17, 15) is 19.1 Å². The molecule has 1 fully saturated rings. The Labute approximate surface area is 190 Å². The van der Waals surface area contributed by atoms with Crippen molar-refractivity contribution in [1.82, 2.24) is 0 Å². The molecule has 0 radical (unpaired) electrons. The predicted molar refractivity (Wildman–Crippen MR) is 120 cm³/mol. The number of imide groups is 1. The predicted octanol–water partition coefficient (Wildman–Crippen LogP) is 5.38. The summed E-state index contributed by atoms with van der Waals surface area (Å²) in [5, 5.41) is 9.98. The first-order valence-electron chi connectivity index (χ1n) is 10.4. The van der Waals surface area contributed by atoms with E-state index in [0.29, 0.717) is 18.8 Å². The third kappa shape index (κ3) is 3.21. The highest BCUT2D eigenvalue weighted by atomic mass is 35.5. The molecule has 32 heavy (non-hydrogen) atoms. The lowest BCUT2D eigenvalue weighted by Crippen LogP contribution is -2.41. The zero-order chi connectivity index (χ0) is 23.2. The number of fused-ring (bicyclic) bond motifs is 1. The van der Waals surface area contributed by atoms with Crippen LogP contribution < -0.4 is 9.64 Å². The van der Waals surface area contributed by atoms with Gasteiger partial charge < -0.3 is 9.84 Å². The maximum absolute atomic E-state index is 13.8. The third-order valence-electron chi connectivity index (χ3n) is 6.44. The number of rotatable bonds is 5. The normalized spacial score (nSPS) is 24.9. The molecule has 5 nitrogen and oxygen atoms in total. The number of nitrogens with zero attached hydrogens (tertiary/aromatic N) is 1. The summed E-state index contributed by atoms with van der Waals surface area (Å²) in [5.74, 6) is -2.18. The molecule has 0 saturated carbocycles. The average Bonchev–Trinajstić information content (AvgIpc) is 2.97. The number of halogens is 2. The van der Waals surface area contributed by atoms with Crippen molar-refractivity contribution >= 4 is 29.1 Å². The summed E-state index contributed by atoms with van der Waals surface area (Å²) in [6.45, 7) is 7.85. The largest absolute Gasteiger partial charge is 0.504 e. The Morgan fingerprint density at radius 3 is 2.72 bits per heavy atom. The molecule has 3 unspecified atom stereocenters. The summed E-state index contributed by atoms with van der Waals surface area (Å²) < 4.78 is 19.2. The van der Waals surface area contributed by atoms with Gasteiger partial charge in [-0.25, -0.2) is 9.29 Å². The highest BCUT2D eigenvalue weighted by Crippen LogP contribution is 2.57. The second kappa shape index (κ2) is 8.10. The maximum atomic E-state index is 13.8. The van der Waals surface area contributed by atoms with E-state index in [2.05, 4.69) is 6.58 Å². The van der Waals surface area contributed by atoms with Crippen molar-refractivity contribution in [1.29, 1.82) is 0 Å². The number of ether oxygens (including phenoxy) is 1. The topological polar surface area (TPSA) is 66.8 Å². The van der Waals surface area contributed by atoms with Crippen LogP contribution in [-0.4, -0.2) is 23.5 Å². The standard InChI is InChI=1S/C25H23ClFNO4/c1-4-14-6-9-17-23(30)28(16-8-10-19(27)18(26)13-16)24(31)25(17,3)22(14)15-7-11-20(29)21(12-15)32-5-2/h4,6-8,10-13,17,22,29H,1,5,9H2,2-3H3. The Balaban J connectivity index is 1.85. The molecule has 1 aliphatic heterocycles. The molecule has 1 saturated heterocycles.